The zero-order valence-electron chi connectivity index (χ0n) is 12.6. The Labute approximate surface area is 157 Å². The zero-order chi connectivity index (χ0) is 17.4. The molecule has 0 amide bonds. The summed E-state index contributed by atoms with van der Waals surface area (Å²) in [5, 5.41) is 19.1. The maximum Gasteiger partial charge on any atom is 0.239 e. The van der Waals surface area contributed by atoms with Gasteiger partial charge in [0.25, 0.3) is 0 Å². The van der Waals surface area contributed by atoms with Crippen LogP contribution >= 0.6 is 34.8 Å². The van der Waals surface area contributed by atoms with Gasteiger partial charge in [0.15, 0.2) is 5.76 Å². The van der Waals surface area contributed by atoms with Gasteiger partial charge in [0.2, 0.25) is 5.82 Å². The van der Waals surface area contributed by atoms with Crippen LogP contribution < -0.4 is 5.32 Å². The van der Waals surface area contributed by atoms with Gasteiger partial charge in [-0.25, -0.2) is 0 Å². The first-order valence-electron chi connectivity index (χ1n) is 7.25. The lowest BCUT2D eigenvalue weighted by Crippen LogP contribution is -1.99. The zero-order valence-corrected chi connectivity index (χ0v) is 14.8. The number of benzene rings is 2. The monoisotopic (exact) mass is 393 g/mol. The number of aromatic amines is 1. The summed E-state index contributed by atoms with van der Waals surface area (Å²) in [6, 6.07) is 11.3. The van der Waals surface area contributed by atoms with E-state index in [0.29, 0.717) is 33.2 Å². The summed E-state index contributed by atoms with van der Waals surface area (Å²) in [5.41, 5.74) is 2.56. The lowest BCUT2D eigenvalue weighted by Gasteiger charge is -2.09. The van der Waals surface area contributed by atoms with Crippen molar-refractivity contribution < 1.29 is 4.42 Å². The number of nitrogens with zero attached hydrogens (tertiary/aromatic N) is 3. The molecule has 0 fully saturated rings. The molecule has 0 aliphatic heterocycles. The van der Waals surface area contributed by atoms with Gasteiger partial charge in [0.1, 0.15) is 5.58 Å². The highest BCUT2D eigenvalue weighted by Gasteiger charge is 2.11. The van der Waals surface area contributed by atoms with E-state index < -0.39 is 0 Å². The van der Waals surface area contributed by atoms with E-state index in [2.05, 4.69) is 25.9 Å². The van der Waals surface area contributed by atoms with Crippen molar-refractivity contribution in [2.75, 3.05) is 5.32 Å². The van der Waals surface area contributed by atoms with Crippen LogP contribution in [0.25, 0.3) is 22.6 Å². The van der Waals surface area contributed by atoms with Gasteiger partial charge in [0, 0.05) is 17.6 Å². The first kappa shape index (κ1) is 16.2. The topological polar surface area (TPSA) is 79.6 Å². The van der Waals surface area contributed by atoms with Crippen LogP contribution in [-0.2, 0) is 6.54 Å². The van der Waals surface area contributed by atoms with Gasteiger partial charge in [-0.05, 0) is 35.0 Å². The number of H-pyrrole nitrogens is 1. The molecule has 2 heterocycles. The van der Waals surface area contributed by atoms with Crippen LogP contribution in [0.4, 0.5) is 5.69 Å². The molecule has 0 saturated heterocycles. The molecule has 9 heteroatoms. The van der Waals surface area contributed by atoms with Crippen molar-refractivity contribution in [1.82, 2.24) is 20.6 Å². The molecule has 0 unspecified atom stereocenters. The highest BCUT2D eigenvalue weighted by atomic mass is 35.5. The van der Waals surface area contributed by atoms with E-state index in [-0.39, 0.29) is 0 Å². The van der Waals surface area contributed by atoms with Crippen molar-refractivity contribution in [3.05, 3.63) is 57.0 Å². The molecule has 126 valence electrons. The van der Waals surface area contributed by atoms with E-state index >= 15 is 0 Å². The lowest BCUT2D eigenvalue weighted by molar-refractivity contribution is 0.625. The molecule has 0 saturated carbocycles. The Balaban J connectivity index is 1.56. The molecule has 0 radical (unpaired) electrons. The number of rotatable bonds is 4. The largest absolute Gasteiger partial charge is 0.453 e. The fraction of sp³-hybridized carbons (Fsp3) is 0.0625. The number of hydrogen-bond acceptors (Lipinski definition) is 5. The number of halogens is 3. The van der Waals surface area contributed by atoms with Crippen molar-refractivity contribution in [2.24, 2.45) is 0 Å². The number of fused-ring (bicyclic) bond motifs is 1. The Morgan fingerprint density at radius 3 is 2.56 bits per heavy atom. The van der Waals surface area contributed by atoms with Crippen molar-refractivity contribution in [3.63, 3.8) is 0 Å². The van der Waals surface area contributed by atoms with Crippen molar-refractivity contribution in [2.45, 2.75) is 6.54 Å². The molecule has 0 spiro atoms. The normalized spacial score (nSPS) is 11.2. The van der Waals surface area contributed by atoms with E-state index in [4.69, 9.17) is 39.2 Å². The van der Waals surface area contributed by atoms with E-state index in [1.165, 1.54) is 0 Å². The second-order valence-corrected chi connectivity index (χ2v) is 6.52. The number of tetrazole rings is 1. The molecule has 0 aliphatic carbocycles. The third kappa shape index (κ3) is 3.28. The van der Waals surface area contributed by atoms with Gasteiger partial charge < -0.3 is 9.73 Å². The number of hydrogen-bond donors (Lipinski definition) is 2. The molecule has 2 N–H and O–H groups in total. The average molecular weight is 395 g/mol. The molecule has 0 atom stereocenters. The van der Waals surface area contributed by atoms with Gasteiger partial charge in [-0.3, -0.25) is 0 Å². The van der Waals surface area contributed by atoms with Crippen LogP contribution in [0.1, 0.15) is 5.56 Å². The van der Waals surface area contributed by atoms with Crippen molar-refractivity contribution in [1.29, 1.82) is 0 Å². The summed E-state index contributed by atoms with van der Waals surface area (Å²) in [6.45, 7) is 0.572. The Kier molecular flexibility index (Phi) is 4.25. The minimum atomic E-state index is 0.347. The molecule has 2 aromatic carbocycles. The van der Waals surface area contributed by atoms with Crippen LogP contribution in [0.3, 0.4) is 0 Å². The van der Waals surface area contributed by atoms with E-state index in [1.807, 2.05) is 24.3 Å². The first-order valence-corrected chi connectivity index (χ1v) is 8.38. The van der Waals surface area contributed by atoms with Crippen molar-refractivity contribution >= 4 is 51.5 Å². The third-order valence-corrected chi connectivity index (χ3v) is 4.83. The van der Waals surface area contributed by atoms with E-state index in [0.717, 1.165) is 22.2 Å². The van der Waals surface area contributed by atoms with Gasteiger partial charge in [-0.2, -0.15) is 5.21 Å². The predicted octanol–water partition coefficient (Wildman–Crippen LogP) is 5.19. The average Bonchev–Trinajstić information content (AvgIpc) is 3.26. The van der Waals surface area contributed by atoms with Gasteiger partial charge in [-0.1, -0.05) is 46.9 Å². The minimum Gasteiger partial charge on any atom is -0.453 e. The molecule has 4 rings (SSSR count). The van der Waals surface area contributed by atoms with Gasteiger partial charge in [0.05, 0.1) is 15.1 Å². The maximum absolute atomic E-state index is 6.04. The molecule has 6 nitrogen and oxygen atoms in total. The molecular formula is C16H10Cl3N5O. The molecule has 25 heavy (non-hydrogen) atoms. The third-order valence-electron chi connectivity index (χ3n) is 3.63. The molecule has 2 aromatic heterocycles. The smallest absolute Gasteiger partial charge is 0.239 e. The number of anilines is 1. The molecule has 0 aliphatic rings. The molecule has 0 bridgehead atoms. The Morgan fingerprint density at radius 1 is 1.04 bits per heavy atom. The minimum absolute atomic E-state index is 0.347. The predicted molar refractivity (Wildman–Crippen MR) is 98.2 cm³/mol. The second-order valence-electron chi connectivity index (χ2n) is 5.33. The fourth-order valence-electron chi connectivity index (χ4n) is 2.42. The summed E-state index contributed by atoms with van der Waals surface area (Å²) in [4.78, 5) is 0. The quantitative estimate of drug-likeness (QED) is 0.466. The van der Waals surface area contributed by atoms with Crippen LogP contribution in [0.5, 0.6) is 0 Å². The van der Waals surface area contributed by atoms with Crippen LogP contribution in [0.2, 0.25) is 15.1 Å². The molecule has 4 aromatic rings. The van der Waals surface area contributed by atoms with E-state index in [1.54, 1.807) is 12.1 Å². The summed E-state index contributed by atoms with van der Waals surface area (Å²) >= 11 is 18.0. The highest BCUT2D eigenvalue weighted by Crippen LogP contribution is 2.33. The van der Waals surface area contributed by atoms with Crippen LogP contribution in [0.15, 0.2) is 40.8 Å². The summed E-state index contributed by atoms with van der Waals surface area (Å²) < 4.78 is 5.79. The number of furan rings is 1. The first-order chi connectivity index (χ1) is 12.1. The summed E-state index contributed by atoms with van der Waals surface area (Å²) in [5.74, 6) is 0.978. The highest BCUT2D eigenvalue weighted by molar-refractivity contribution is 6.48. The number of aromatic nitrogens is 4. The molecular weight excluding hydrogens is 385 g/mol. The second kappa shape index (κ2) is 6.55. The Morgan fingerprint density at radius 2 is 1.84 bits per heavy atom. The lowest BCUT2D eigenvalue weighted by atomic mass is 10.1. The number of nitrogens with one attached hydrogen (secondary N) is 2. The summed E-state index contributed by atoms with van der Waals surface area (Å²) in [7, 11) is 0. The fourth-order valence-corrected chi connectivity index (χ4v) is 3.02. The SMILES string of the molecule is Clc1cc(NCc2ccc3cc(-c4nn[nH]n4)oc3c2)cc(Cl)c1Cl. The standard InChI is InChI=1S/C16H10Cl3N5O/c17-11-5-10(6-12(18)15(11)19)20-7-8-1-2-9-4-14(25-13(9)3-8)16-21-23-24-22-16/h1-6,20H,7H2,(H,21,22,23,24). The Hall–Kier alpha value is -2.28. The summed E-state index contributed by atoms with van der Waals surface area (Å²) in [6.07, 6.45) is 0. The van der Waals surface area contributed by atoms with Crippen LogP contribution in [0, 0.1) is 0 Å². The maximum atomic E-state index is 6.04. The van der Waals surface area contributed by atoms with E-state index in [9.17, 15) is 0 Å². The van der Waals surface area contributed by atoms with Crippen molar-refractivity contribution in [3.8, 4) is 11.6 Å². The van der Waals surface area contributed by atoms with Crippen LogP contribution in [-0.4, -0.2) is 20.6 Å². The van der Waals surface area contributed by atoms with Gasteiger partial charge >= 0.3 is 0 Å². The Bertz CT molecular complexity index is 1020. The van der Waals surface area contributed by atoms with Gasteiger partial charge in [-0.15, -0.1) is 10.2 Å².